The standard InChI is InChI=1S/C16H17NO5S2/c1-11-8-9-15(23-11)14(18)10-22-16(19)12-6-4-5-7-13(12)17(2)24(3,20)21/h4-9H,10H2,1-3H3. The number of anilines is 1. The van der Waals surface area contributed by atoms with Crippen LogP contribution in [0.3, 0.4) is 0 Å². The molecule has 0 N–H and O–H groups in total. The minimum Gasteiger partial charge on any atom is -0.454 e. The first-order chi connectivity index (χ1) is 11.2. The minimum atomic E-state index is -3.52. The van der Waals surface area contributed by atoms with Crippen molar-refractivity contribution in [3.05, 3.63) is 51.7 Å². The van der Waals surface area contributed by atoms with Crippen molar-refractivity contribution in [3.8, 4) is 0 Å². The third kappa shape index (κ3) is 4.21. The quantitative estimate of drug-likeness (QED) is 0.579. The monoisotopic (exact) mass is 367 g/mol. The van der Waals surface area contributed by atoms with Crippen molar-refractivity contribution in [3.63, 3.8) is 0 Å². The normalized spacial score (nSPS) is 11.1. The Morgan fingerprint density at radius 2 is 1.83 bits per heavy atom. The number of carbonyl (C=O) groups excluding carboxylic acids is 2. The molecule has 6 nitrogen and oxygen atoms in total. The highest BCUT2D eigenvalue weighted by molar-refractivity contribution is 7.92. The number of aryl methyl sites for hydroxylation is 1. The predicted molar refractivity (Wildman–Crippen MR) is 93.4 cm³/mol. The van der Waals surface area contributed by atoms with Gasteiger partial charge in [0.15, 0.2) is 6.61 Å². The van der Waals surface area contributed by atoms with E-state index in [0.29, 0.717) is 4.88 Å². The Hall–Kier alpha value is -2.19. The molecule has 8 heteroatoms. The summed E-state index contributed by atoms with van der Waals surface area (Å²) in [5.41, 5.74) is 0.282. The third-order valence-corrected chi connectivity index (χ3v) is 5.54. The number of esters is 1. The van der Waals surface area contributed by atoms with E-state index >= 15 is 0 Å². The number of rotatable bonds is 6. The summed E-state index contributed by atoms with van der Waals surface area (Å²) < 4.78 is 29.4. The molecule has 24 heavy (non-hydrogen) atoms. The van der Waals surface area contributed by atoms with Gasteiger partial charge in [-0.15, -0.1) is 11.3 Å². The molecule has 0 saturated carbocycles. The van der Waals surface area contributed by atoms with Crippen molar-refractivity contribution in [1.82, 2.24) is 0 Å². The molecule has 0 atom stereocenters. The zero-order valence-corrected chi connectivity index (χ0v) is 15.1. The molecule has 0 amide bonds. The Morgan fingerprint density at radius 1 is 1.17 bits per heavy atom. The lowest BCUT2D eigenvalue weighted by Gasteiger charge is -2.19. The maximum atomic E-state index is 12.2. The van der Waals surface area contributed by atoms with Crippen LogP contribution >= 0.6 is 11.3 Å². The van der Waals surface area contributed by atoms with Crippen molar-refractivity contribution in [2.45, 2.75) is 6.92 Å². The fraction of sp³-hybridized carbons (Fsp3) is 0.250. The molecule has 0 aliphatic carbocycles. The average molecular weight is 367 g/mol. The van der Waals surface area contributed by atoms with Crippen molar-refractivity contribution in [2.24, 2.45) is 0 Å². The lowest BCUT2D eigenvalue weighted by molar-refractivity contribution is 0.0476. The highest BCUT2D eigenvalue weighted by Crippen LogP contribution is 2.22. The van der Waals surface area contributed by atoms with Gasteiger partial charge in [-0.25, -0.2) is 13.2 Å². The van der Waals surface area contributed by atoms with E-state index in [9.17, 15) is 18.0 Å². The van der Waals surface area contributed by atoms with E-state index in [1.54, 1.807) is 18.2 Å². The SMILES string of the molecule is Cc1ccc(C(=O)COC(=O)c2ccccc2N(C)S(C)(=O)=O)s1. The van der Waals surface area contributed by atoms with E-state index in [2.05, 4.69) is 0 Å². The molecular formula is C16H17NO5S2. The summed E-state index contributed by atoms with van der Waals surface area (Å²) in [6, 6.07) is 9.67. The molecule has 0 fully saturated rings. The number of benzene rings is 1. The Morgan fingerprint density at radius 3 is 2.42 bits per heavy atom. The van der Waals surface area contributed by atoms with E-state index in [1.807, 2.05) is 13.0 Å². The van der Waals surface area contributed by atoms with Crippen molar-refractivity contribution >= 4 is 38.8 Å². The molecule has 0 unspecified atom stereocenters. The van der Waals surface area contributed by atoms with Crippen LogP contribution < -0.4 is 4.31 Å². The molecule has 1 aromatic heterocycles. The van der Waals surface area contributed by atoms with Crippen molar-refractivity contribution in [1.29, 1.82) is 0 Å². The Labute approximate surface area is 144 Å². The lowest BCUT2D eigenvalue weighted by atomic mass is 10.2. The molecule has 2 rings (SSSR count). The highest BCUT2D eigenvalue weighted by atomic mass is 32.2. The molecule has 0 spiro atoms. The molecule has 1 heterocycles. The second kappa shape index (κ2) is 7.14. The van der Waals surface area contributed by atoms with E-state index in [-0.39, 0.29) is 17.0 Å². The summed E-state index contributed by atoms with van der Waals surface area (Å²) in [5.74, 6) is -1.04. The molecule has 0 saturated heterocycles. The van der Waals surface area contributed by atoms with Gasteiger partial charge in [-0.1, -0.05) is 12.1 Å². The Balaban J connectivity index is 2.14. The van der Waals surface area contributed by atoms with Crippen LogP contribution in [-0.4, -0.2) is 40.1 Å². The molecule has 0 aliphatic rings. The number of Topliss-reactive ketones (excluding diaryl/α,β-unsaturated/α-hetero) is 1. The van der Waals surface area contributed by atoms with Crippen LogP contribution in [0.2, 0.25) is 0 Å². The van der Waals surface area contributed by atoms with Crippen LogP contribution in [0.5, 0.6) is 0 Å². The first kappa shape index (κ1) is 18.2. The van der Waals surface area contributed by atoms with Crippen LogP contribution in [0, 0.1) is 6.92 Å². The lowest BCUT2D eigenvalue weighted by Crippen LogP contribution is -2.27. The van der Waals surface area contributed by atoms with E-state index in [4.69, 9.17) is 4.74 Å². The minimum absolute atomic E-state index is 0.0839. The smallest absolute Gasteiger partial charge is 0.340 e. The average Bonchev–Trinajstić information content (AvgIpc) is 2.97. The van der Waals surface area contributed by atoms with E-state index in [1.165, 1.54) is 30.5 Å². The first-order valence-electron chi connectivity index (χ1n) is 7.00. The van der Waals surface area contributed by atoms with Gasteiger partial charge in [0.05, 0.1) is 22.4 Å². The Bertz CT molecular complexity index is 870. The zero-order valence-electron chi connectivity index (χ0n) is 13.5. The molecular weight excluding hydrogens is 350 g/mol. The number of hydrogen-bond donors (Lipinski definition) is 0. The summed E-state index contributed by atoms with van der Waals surface area (Å²) in [7, 11) is -2.17. The number of thiophene rings is 1. The number of carbonyl (C=O) groups is 2. The van der Waals surface area contributed by atoms with Crippen LogP contribution in [0.15, 0.2) is 36.4 Å². The van der Waals surface area contributed by atoms with Gasteiger partial charge in [0.1, 0.15) is 0 Å². The highest BCUT2D eigenvalue weighted by Gasteiger charge is 2.21. The number of ketones is 1. The van der Waals surface area contributed by atoms with Crippen LogP contribution in [0.25, 0.3) is 0 Å². The second-order valence-electron chi connectivity index (χ2n) is 5.16. The van der Waals surface area contributed by atoms with Gasteiger partial charge in [-0.05, 0) is 31.2 Å². The van der Waals surface area contributed by atoms with Crippen molar-refractivity contribution in [2.75, 3.05) is 24.2 Å². The fourth-order valence-corrected chi connectivity index (χ4v) is 3.27. The summed E-state index contributed by atoms with van der Waals surface area (Å²) in [4.78, 5) is 25.8. The summed E-state index contributed by atoms with van der Waals surface area (Å²) in [6.07, 6.45) is 1.04. The maximum absolute atomic E-state index is 12.2. The van der Waals surface area contributed by atoms with Gasteiger partial charge in [-0.3, -0.25) is 9.10 Å². The molecule has 128 valence electrons. The number of nitrogens with zero attached hydrogens (tertiary/aromatic N) is 1. The molecule has 0 aliphatic heterocycles. The van der Waals surface area contributed by atoms with Crippen LogP contribution in [0.4, 0.5) is 5.69 Å². The molecule has 2 aromatic rings. The molecule has 0 radical (unpaired) electrons. The topological polar surface area (TPSA) is 80.8 Å². The molecule has 1 aromatic carbocycles. The predicted octanol–water partition coefficient (Wildman–Crippen LogP) is 2.49. The molecule has 0 bridgehead atoms. The second-order valence-corrected chi connectivity index (χ2v) is 8.46. The number of sulfonamides is 1. The number of para-hydroxylation sites is 1. The van der Waals surface area contributed by atoms with Gasteiger partial charge in [0.2, 0.25) is 15.8 Å². The summed E-state index contributed by atoms with van der Waals surface area (Å²) >= 11 is 1.33. The fourth-order valence-electron chi connectivity index (χ4n) is 1.96. The summed E-state index contributed by atoms with van der Waals surface area (Å²) in [6.45, 7) is 1.49. The van der Waals surface area contributed by atoms with Gasteiger partial charge >= 0.3 is 5.97 Å². The first-order valence-corrected chi connectivity index (χ1v) is 9.66. The van der Waals surface area contributed by atoms with E-state index in [0.717, 1.165) is 15.4 Å². The number of hydrogen-bond acceptors (Lipinski definition) is 6. The maximum Gasteiger partial charge on any atom is 0.340 e. The zero-order chi connectivity index (χ0) is 17.9. The van der Waals surface area contributed by atoms with Crippen LogP contribution in [-0.2, 0) is 14.8 Å². The summed E-state index contributed by atoms with van der Waals surface area (Å²) in [5, 5.41) is 0. The third-order valence-electron chi connectivity index (χ3n) is 3.31. The van der Waals surface area contributed by atoms with Gasteiger partial charge in [0, 0.05) is 11.9 Å². The van der Waals surface area contributed by atoms with Gasteiger partial charge in [0.25, 0.3) is 0 Å². The largest absolute Gasteiger partial charge is 0.454 e. The van der Waals surface area contributed by atoms with Crippen LogP contribution in [0.1, 0.15) is 24.9 Å². The Kier molecular flexibility index (Phi) is 5.40. The van der Waals surface area contributed by atoms with Gasteiger partial charge in [-0.2, -0.15) is 0 Å². The van der Waals surface area contributed by atoms with E-state index < -0.39 is 22.6 Å². The van der Waals surface area contributed by atoms with Gasteiger partial charge < -0.3 is 4.74 Å². The van der Waals surface area contributed by atoms with Crippen molar-refractivity contribution < 1.29 is 22.7 Å². The number of ether oxygens (including phenoxy) is 1.